The SMILES string of the molecule is CCOC1CCN(c2sc(C(N)=O)c(N)c2SC)CC1. The highest BCUT2D eigenvalue weighted by Crippen LogP contribution is 2.44. The van der Waals surface area contributed by atoms with Gasteiger partial charge in [-0.25, -0.2) is 0 Å². The molecule has 0 saturated carbocycles. The maximum atomic E-state index is 11.4. The van der Waals surface area contributed by atoms with Gasteiger partial charge in [-0.2, -0.15) is 0 Å². The van der Waals surface area contributed by atoms with Crippen molar-refractivity contribution < 1.29 is 9.53 Å². The Kier molecular flexibility index (Phi) is 5.17. The van der Waals surface area contributed by atoms with E-state index in [2.05, 4.69) is 4.90 Å². The largest absolute Gasteiger partial charge is 0.396 e. The highest BCUT2D eigenvalue weighted by atomic mass is 32.2. The van der Waals surface area contributed by atoms with Gasteiger partial charge in [-0.05, 0) is 26.0 Å². The Bertz CT molecular complexity index is 482. The third-order valence-electron chi connectivity index (χ3n) is 3.44. The fourth-order valence-electron chi connectivity index (χ4n) is 2.47. The summed E-state index contributed by atoms with van der Waals surface area (Å²) in [5, 5.41) is 1.07. The molecule has 4 N–H and O–H groups in total. The minimum atomic E-state index is -0.446. The average molecular weight is 315 g/mol. The lowest BCUT2D eigenvalue weighted by atomic mass is 10.1. The molecule has 0 atom stereocenters. The van der Waals surface area contributed by atoms with Crippen molar-refractivity contribution in [2.24, 2.45) is 5.73 Å². The Morgan fingerprint density at radius 2 is 2.15 bits per heavy atom. The number of nitrogens with zero attached hydrogens (tertiary/aromatic N) is 1. The predicted molar refractivity (Wildman–Crippen MR) is 85.9 cm³/mol. The van der Waals surface area contributed by atoms with Crippen molar-refractivity contribution in [2.75, 3.05) is 36.6 Å². The second-order valence-electron chi connectivity index (χ2n) is 4.69. The number of hydrogen-bond donors (Lipinski definition) is 2. The molecule has 1 saturated heterocycles. The van der Waals surface area contributed by atoms with E-state index >= 15 is 0 Å². The van der Waals surface area contributed by atoms with E-state index in [0.29, 0.717) is 16.7 Å². The molecule has 1 aromatic rings. The summed E-state index contributed by atoms with van der Waals surface area (Å²) in [7, 11) is 0. The van der Waals surface area contributed by atoms with E-state index in [4.69, 9.17) is 16.2 Å². The van der Waals surface area contributed by atoms with Crippen LogP contribution in [0.25, 0.3) is 0 Å². The molecular weight excluding hydrogens is 294 g/mol. The molecule has 0 aliphatic carbocycles. The zero-order valence-corrected chi connectivity index (χ0v) is 13.5. The number of hydrogen-bond acceptors (Lipinski definition) is 6. The number of nitrogen functional groups attached to an aromatic ring is 1. The van der Waals surface area contributed by atoms with E-state index in [0.717, 1.165) is 42.4 Å². The number of primary amides is 1. The normalized spacial score (nSPS) is 16.6. The molecule has 0 spiro atoms. The Balaban J connectivity index is 2.17. The highest BCUT2D eigenvalue weighted by molar-refractivity contribution is 7.99. The van der Waals surface area contributed by atoms with Gasteiger partial charge in [0.15, 0.2) is 0 Å². The minimum Gasteiger partial charge on any atom is -0.396 e. The van der Waals surface area contributed by atoms with Crippen LogP contribution in [0.2, 0.25) is 0 Å². The summed E-state index contributed by atoms with van der Waals surface area (Å²) >= 11 is 2.97. The zero-order valence-electron chi connectivity index (χ0n) is 11.8. The van der Waals surface area contributed by atoms with Crippen LogP contribution in [0.4, 0.5) is 10.7 Å². The highest BCUT2D eigenvalue weighted by Gasteiger charge is 2.26. The molecule has 0 radical (unpaired) electrons. The van der Waals surface area contributed by atoms with Crippen molar-refractivity contribution in [3.8, 4) is 0 Å². The molecule has 2 heterocycles. The number of thiophene rings is 1. The summed E-state index contributed by atoms with van der Waals surface area (Å²) in [5.41, 5.74) is 11.9. The number of rotatable bonds is 5. The van der Waals surface area contributed by atoms with Crippen LogP contribution in [0, 0.1) is 0 Å². The van der Waals surface area contributed by atoms with E-state index in [1.807, 2.05) is 13.2 Å². The van der Waals surface area contributed by atoms with Crippen LogP contribution in [0.3, 0.4) is 0 Å². The van der Waals surface area contributed by atoms with E-state index in [-0.39, 0.29) is 0 Å². The molecule has 7 heteroatoms. The predicted octanol–water partition coefficient (Wildman–Crippen LogP) is 2.16. The maximum absolute atomic E-state index is 11.4. The summed E-state index contributed by atoms with van der Waals surface area (Å²) < 4.78 is 5.66. The van der Waals surface area contributed by atoms with E-state index in [1.54, 1.807) is 11.8 Å². The van der Waals surface area contributed by atoms with Crippen LogP contribution < -0.4 is 16.4 Å². The van der Waals surface area contributed by atoms with Crippen molar-refractivity contribution >= 4 is 39.7 Å². The molecule has 0 bridgehead atoms. The van der Waals surface area contributed by atoms with Crippen LogP contribution in [-0.2, 0) is 4.74 Å². The molecule has 2 rings (SSSR count). The monoisotopic (exact) mass is 315 g/mol. The van der Waals surface area contributed by atoms with Crippen molar-refractivity contribution in [1.29, 1.82) is 0 Å². The fraction of sp³-hybridized carbons (Fsp3) is 0.615. The minimum absolute atomic E-state index is 0.349. The second-order valence-corrected chi connectivity index (χ2v) is 6.50. The number of nitrogens with two attached hydrogens (primary N) is 2. The zero-order chi connectivity index (χ0) is 14.7. The van der Waals surface area contributed by atoms with E-state index < -0.39 is 5.91 Å². The molecule has 20 heavy (non-hydrogen) atoms. The summed E-state index contributed by atoms with van der Waals surface area (Å²) in [6, 6.07) is 0. The molecular formula is C13H21N3O2S2. The average Bonchev–Trinajstić information content (AvgIpc) is 2.77. The van der Waals surface area contributed by atoms with Crippen LogP contribution in [0.15, 0.2) is 4.90 Å². The quantitative estimate of drug-likeness (QED) is 0.814. The Morgan fingerprint density at radius 1 is 1.50 bits per heavy atom. The number of thioether (sulfide) groups is 1. The molecule has 112 valence electrons. The molecule has 0 unspecified atom stereocenters. The molecule has 1 fully saturated rings. The second kappa shape index (κ2) is 6.69. The topological polar surface area (TPSA) is 81.6 Å². The van der Waals surface area contributed by atoms with E-state index in [9.17, 15) is 4.79 Å². The lowest BCUT2D eigenvalue weighted by Gasteiger charge is -2.33. The Morgan fingerprint density at radius 3 is 2.65 bits per heavy atom. The van der Waals surface area contributed by atoms with Gasteiger partial charge in [-0.15, -0.1) is 23.1 Å². The maximum Gasteiger partial charge on any atom is 0.261 e. The van der Waals surface area contributed by atoms with Gasteiger partial charge in [0, 0.05) is 19.7 Å². The van der Waals surface area contributed by atoms with Crippen molar-refractivity contribution in [2.45, 2.75) is 30.8 Å². The molecule has 0 aromatic carbocycles. The lowest BCUT2D eigenvalue weighted by molar-refractivity contribution is 0.0459. The van der Waals surface area contributed by atoms with Crippen molar-refractivity contribution in [3.63, 3.8) is 0 Å². The summed E-state index contributed by atoms with van der Waals surface area (Å²) in [4.78, 5) is 15.2. The lowest BCUT2D eigenvalue weighted by Crippen LogP contribution is -2.36. The van der Waals surface area contributed by atoms with Gasteiger partial charge in [0.2, 0.25) is 0 Å². The van der Waals surface area contributed by atoms with Gasteiger partial charge in [0.05, 0.1) is 16.7 Å². The first kappa shape index (κ1) is 15.5. The Labute approximate surface area is 127 Å². The molecule has 5 nitrogen and oxygen atoms in total. The molecule has 1 aromatic heterocycles. The van der Waals surface area contributed by atoms with Gasteiger partial charge < -0.3 is 21.1 Å². The van der Waals surface area contributed by atoms with Gasteiger partial charge in [0.1, 0.15) is 9.88 Å². The van der Waals surface area contributed by atoms with Crippen LogP contribution in [-0.4, -0.2) is 38.0 Å². The first-order valence-corrected chi connectivity index (χ1v) is 8.75. The van der Waals surface area contributed by atoms with Crippen LogP contribution in [0.1, 0.15) is 29.4 Å². The van der Waals surface area contributed by atoms with Gasteiger partial charge in [-0.1, -0.05) is 0 Å². The van der Waals surface area contributed by atoms with Crippen LogP contribution in [0.5, 0.6) is 0 Å². The molecule has 1 aliphatic heterocycles. The summed E-state index contributed by atoms with van der Waals surface area (Å²) in [5.74, 6) is -0.446. The number of anilines is 2. The fourth-order valence-corrected chi connectivity index (χ4v) is 4.55. The summed E-state index contributed by atoms with van der Waals surface area (Å²) in [6.07, 6.45) is 4.33. The number of piperidine rings is 1. The third-order valence-corrected chi connectivity index (χ3v) is 5.67. The number of amides is 1. The van der Waals surface area contributed by atoms with E-state index in [1.165, 1.54) is 11.3 Å². The smallest absolute Gasteiger partial charge is 0.261 e. The molecule has 1 aliphatic rings. The standard InChI is InChI=1S/C13H21N3O2S2/c1-3-18-8-4-6-16(7-5-8)13-11(19-2)9(14)10(20-13)12(15)17/h8H,3-7,14H2,1-2H3,(H2,15,17). The number of carbonyl (C=O) groups is 1. The van der Waals surface area contributed by atoms with Gasteiger partial charge in [0.25, 0.3) is 5.91 Å². The summed E-state index contributed by atoms with van der Waals surface area (Å²) in [6.45, 7) is 4.64. The van der Waals surface area contributed by atoms with Crippen LogP contribution >= 0.6 is 23.1 Å². The first-order valence-electron chi connectivity index (χ1n) is 6.71. The third kappa shape index (κ3) is 3.05. The number of ether oxygens (including phenoxy) is 1. The van der Waals surface area contributed by atoms with Crippen molar-refractivity contribution in [1.82, 2.24) is 0 Å². The van der Waals surface area contributed by atoms with Gasteiger partial charge >= 0.3 is 0 Å². The van der Waals surface area contributed by atoms with Gasteiger partial charge in [-0.3, -0.25) is 4.79 Å². The van der Waals surface area contributed by atoms with Crippen molar-refractivity contribution in [3.05, 3.63) is 4.88 Å². The molecule has 1 amide bonds. The number of carbonyl (C=O) groups excluding carboxylic acids is 1. The Hall–Kier alpha value is -0.920. The first-order chi connectivity index (χ1) is 9.58.